The van der Waals surface area contributed by atoms with Crippen LogP contribution >= 0.6 is 11.6 Å². The van der Waals surface area contributed by atoms with Gasteiger partial charge in [-0.05, 0) is 36.8 Å². The van der Waals surface area contributed by atoms with E-state index in [1.165, 1.54) is 26.2 Å². The van der Waals surface area contributed by atoms with Gasteiger partial charge in [-0.2, -0.15) is 0 Å². The molecule has 0 fully saturated rings. The van der Waals surface area contributed by atoms with Gasteiger partial charge >= 0.3 is 5.97 Å². The summed E-state index contributed by atoms with van der Waals surface area (Å²) < 4.78 is 10.1. The SMILES string of the molecule is COc1ccc(Cl)cc1NC(=O)COC(=O)[C@H](C)NC(=O)/C=C/c1ccccc1. The molecule has 2 aromatic rings. The molecule has 0 bridgehead atoms. The molecule has 1 atom stereocenters. The van der Waals surface area contributed by atoms with Crippen LogP contribution in [0.2, 0.25) is 5.02 Å². The number of hydrogen-bond donors (Lipinski definition) is 2. The van der Waals surface area contributed by atoms with Gasteiger partial charge < -0.3 is 20.1 Å². The molecule has 0 saturated carbocycles. The molecule has 7 nitrogen and oxygen atoms in total. The van der Waals surface area contributed by atoms with Crippen molar-refractivity contribution < 1.29 is 23.9 Å². The Hall–Kier alpha value is -3.32. The van der Waals surface area contributed by atoms with E-state index in [2.05, 4.69) is 10.6 Å². The predicted octanol–water partition coefficient (Wildman–Crippen LogP) is 3.05. The molecule has 2 rings (SSSR count). The Morgan fingerprint density at radius 2 is 1.86 bits per heavy atom. The van der Waals surface area contributed by atoms with Crippen molar-refractivity contribution >= 4 is 41.1 Å². The first-order valence-corrected chi connectivity index (χ1v) is 9.10. The number of hydrogen-bond acceptors (Lipinski definition) is 5. The molecule has 0 aliphatic rings. The lowest BCUT2D eigenvalue weighted by Crippen LogP contribution is -2.39. The number of carbonyl (C=O) groups excluding carboxylic acids is 3. The average Bonchev–Trinajstić information content (AvgIpc) is 2.71. The van der Waals surface area contributed by atoms with Crippen LogP contribution in [0, 0.1) is 0 Å². The molecule has 0 aliphatic heterocycles. The maximum absolute atomic E-state index is 12.0. The van der Waals surface area contributed by atoms with Crippen molar-refractivity contribution in [1.29, 1.82) is 0 Å². The van der Waals surface area contributed by atoms with Crippen LogP contribution in [-0.2, 0) is 19.1 Å². The van der Waals surface area contributed by atoms with E-state index in [1.807, 2.05) is 30.3 Å². The lowest BCUT2D eigenvalue weighted by Gasteiger charge is -2.13. The molecule has 0 aliphatic carbocycles. The molecule has 2 N–H and O–H groups in total. The molecule has 0 heterocycles. The number of carbonyl (C=O) groups is 3. The van der Waals surface area contributed by atoms with Gasteiger partial charge in [0.15, 0.2) is 6.61 Å². The van der Waals surface area contributed by atoms with Gasteiger partial charge in [0.25, 0.3) is 5.91 Å². The molecule has 0 spiro atoms. The molecule has 152 valence electrons. The van der Waals surface area contributed by atoms with Gasteiger partial charge in [0.05, 0.1) is 12.8 Å². The van der Waals surface area contributed by atoms with Crippen LogP contribution in [0.3, 0.4) is 0 Å². The number of amides is 2. The molecule has 0 unspecified atom stereocenters. The smallest absolute Gasteiger partial charge is 0.328 e. The number of rotatable bonds is 8. The first-order valence-electron chi connectivity index (χ1n) is 8.72. The fourth-order valence-electron chi connectivity index (χ4n) is 2.28. The van der Waals surface area contributed by atoms with Crippen LogP contribution < -0.4 is 15.4 Å². The van der Waals surface area contributed by atoms with Crippen LogP contribution in [0.5, 0.6) is 5.75 Å². The Morgan fingerprint density at radius 3 is 2.55 bits per heavy atom. The second kappa shape index (κ2) is 10.9. The van der Waals surface area contributed by atoms with Crippen molar-refractivity contribution in [3.05, 3.63) is 65.2 Å². The van der Waals surface area contributed by atoms with Crippen molar-refractivity contribution in [2.75, 3.05) is 19.0 Å². The van der Waals surface area contributed by atoms with Crippen LogP contribution in [0.25, 0.3) is 6.08 Å². The fraction of sp³-hybridized carbons (Fsp3) is 0.190. The zero-order valence-electron chi connectivity index (χ0n) is 16.0. The molecule has 8 heteroatoms. The maximum Gasteiger partial charge on any atom is 0.328 e. The van der Waals surface area contributed by atoms with Crippen molar-refractivity contribution in [2.45, 2.75) is 13.0 Å². The first kappa shape index (κ1) is 22.0. The number of esters is 1. The summed E-state index contributed by atoms with van der Waals surface area (Å²) in [5.41, 5.74) is 1.21. The summed E-state index contributed by atoms with van der Waals surface area (Å²) in [7, 11) is 1.45. The third-order valence-corrected chi connectivity index (χ3v) is 3.96. The monoisotopic (exact) mass is 416 g/mol. The Morgan fingerprint density at radius 1 is 1.14 bits per heavy atom. The second-order valence-corrected chi connectivity index (χ2v) is 6.41. The van der Waals surface area contributed by atoms with Gasteiger partial charge in [0.1, 0.15) is 11.8 Å². The molecule has 0 saturated heterocycles. The number of benzene rings is 2. The summed E-state index contributed by atoms with van der Waals surface area (Å²) in [5, 5.41) is 5.45. The van der Waals surface area contributed by atoms with E-state index in [9.17, 15) is 14.4 Å². The summed E-state index contributed by atoms with van der Waals surface area (Å²) in [6, 6.07) is 13.1. The van der Waals surface area contributed by atoms with Crippen molar-refractivity contribution in [3.8, 4) is 5.75 Å². The van der Waals surface area contributed by atoms with Gasteiger partial charge in [-0.15, -0.1) is 0 Å². The fourth-order valence-corrected chi connectivity index (χ4v) is 2.45. The topological polar surface area (TPSA) is 93.7 Å². The molecule has 29 heavy (non-hydrogen) atoms. The van der Waals surface area contributed by atoms with Gasteiger partial charge in [0.2, 0.25) is 5.91 Å². The van der Waals surface area contributed by atoms with Crippen LogP contribution in [0.15, 0.2) is 54.6 Å². The third kappa shape index (κ3) is 7.31. The molecule has 0 aromatic heterocycles. The Labute approximate surface area is 173 Å². The third-order valence-electron chi connectivity index (χ3n) is 3.72. The maximum atomic E-state index is 12.0. The molecular weight excluding hydrogens is 396 g/mol. The van der Waals surface area contributed by atoms with E-state index < -0.39 is 30.4 Å². The number of anilines is 1. The quantitative estimate of drug-likeness (QED) is 0.509. The minimum absolute atomic E-state index is 0.355. The highest BCUT2D eigenvalue weighted by Crippen LogP contribution is 2.27. The van der Waals surface area contributed by atoms with E-state index in [-0.39, 0.29) is 0 Å². The minimum atomic E-state index is -0.920. The predicted molar refractivity (Wildman–Crippen MR) is 111 cm³/mol. The summed E-state index contributed by atoms with van der Waals surface area (Å²) >= 11 is 5.90. The zero-order chi connectivity index (χ0) is 21.2. The van der Waals surface area contributed by atoms with Crippen molar-refractivity contribution in [1.82, 2.24) is 5.32 Å². The second-order valence-electron chi connectivity index (χ2n) is 5.97. The minimum Gasteiger partial charge on any atom is -0.495 e. The lowest BCUT2D eigenvalue weighted by molar-refractivity contribution is -0.149. The molecule has 2 aromatic carbocycles. The van der Waals surface area contributed by atoms with Crippen LogP contribution in [0.1, 0.15) is 12.5 Å². The zero-order valence-corrected chi connectivity index (χ0v) is 16.7. The van der Waals surface area contributed by atoms with Gasteiger partial charge in [-0.1, -0.05) is 41.9 Å². The number of nitrogens with one attached hydrogen (secondary N) is 2. The highest BCUT2D eigenvalue weighted by Gasteiger charge is 2.18. The van der Waals surface area contributed by atoms with E-state index in [0.717, 1.165) is 5.56 Å². The Bertz CT molecular complexity index is 899. The van der Waals surface area contributed by atoms with Crippen molar-refractivity contribution in [2.24, 2.45) is 0 Å². The molecule has 2 amide bonds. The van der Waals surface area contributed by atoms with Crippen LogP contribution in [-0.4, -0.2) is 37.5 Å². The summed E-state index contributed by atoms with van der Waals surface area (Å²) in [6.07, 6.45) is 2.94. The highest BCUT2D eigenvalue weighted by molar-refractivity contribution is 6.31. The number of halogens is 1. The van der Waals surface area contributed by atoms with Crippen molar-refractivity contribution in [3.63, 3.8) is 0 Å². The summed E-state index contributed by atoms with van der Waals surface area (Å²) in [6.45, 7) is 0.947. The number of ether oxygens (including phenoxy) is 2. The summed E-state index contributed by atoms with van der Waals surface area (Å²) in [5.74, 6) is -1.34. The Kier molecular flexibility index (Phi) is 8.24. The van der Waals surface area contributed by atoms with E-state index in [4.69, 9.17) is 21.1 Å². The standard InChI is InChI=1S/C21H21ClN2O5/c1-14(23-19(25)11-8-15-6-4-3-5-7-15)21(27)29-13-20(26)24-17-12-16(22)9-10-18(17)28-2/h3-12,14H,13H2,1-2H3,(H,23,25)(H,24,26)/b11-8+/t14-/m0/s1. The van der Waals surface area contributed by atoms with E-state index >= 15 is 0 Å². The van der Waals surface area contributed by atoms with E-state index in [0.29, 0.717) is 16.5 Å². The molecule has 0 radical (unpaired) electrons. The Balaban J connectivity index is 1.80. The van der Waals surface area contributed by atoms with Gasteiger partial charge in [-0.25, -0.2) is 4.79 Å². The largest absolute Gasteiger partial charge is 0.495 e. The highest BCUT2D eigenvalue weighted by atomic mass is 35.5. The average molecular weight is 417 g/mol. The van der Waals surface area contributed by atoms with E-state index in [1.54, 1.807) is 18.2 Å². The van der Waals surface area contributed by atoms with Gasteiger partial charge in [-0.3, -0.25) is 9.59 Å². The number of methoxy groups -OCH3 is 1. The normalized spacial score (nSPS) is 11.6. The molecular formula is C21H21ClN2O5. The summed E-state index contributed by atoms with van der Waals surface area (Å²) in [4.78, 5) is 35.9. The van der Waals surface area contributed by atoms with Gasteiger partial charge in [0, 0.05) is 11.1 Å². The first-order chi connectivity index (χ1) is 13.9. The lowest BCUT2D eigenvalue weighted by atomic mass is 10.2. The van der Waals surface area contributed by atoms with Crippen LogP contribution in [0.4, 0.5) is 5.69 Å².